The van der Waals surface area contributed by atoms with Gasteiger partial charge in [-0.25, -0.2) is 23.7 Å². The van der Waals surface area contributed by atoms with Crippen LogP contribution in [0.25, 0.3) is 11.3 Å². The third-order valence-corrected chi connectivity index (χ3v) is 5.50. The monoisotopic (exact) mass is 436 g/mol. The summed E-state index contributed by atoms with van der Waals surface area (Å²) in [5.41, 5.74) is 6.09. The number of nitrogens with zero attached hydrogens (tertiary/aromatic N) is 6. The Hall–Kier alpha value is -2.70. The molecule has 2 aromatic rings. The van der Waals surface area contributed by atoms with Crippen LogP contribution >= 0.6 is 0 Å². The number of halogens is 2. The molecule has 0 unspecified atom stereocenters. The van der Waals surface area contributed by atoms with Gasteiger partial charge in [-0.2, -0.15) is 4.98 Å². The zero-order valence-electron chi connectivity index (χ0n) is 17.0. The van der Waals surface area contributed by atoms with Gasteiger partial charge in [0.25, 0.3) is 6.43 Å². The zero-order valence-corrected chi connectivity index (χ0v) is 17.0. The maximum absolute atomic E-state index is 12.8. The van der Waals surface area contributed by atoms with E-state index in [0.717, 1.165) is 0 Å². The lowest BCUT2D eigenvalue weighted by Gasteiger charge is -2.31. The van der Waals surface area contributed by atoms with Crippen LogP contribution < -0.4 is 16.0 Å². The molecule has 0 bridgehead atoms. The molecule has 168 valence electrons. The number of nitrogens with two attached hydrogens (primary N) is 1. The van der Waals surface area contributed by atoms with Crippen molar-refractivity contribution in [2.45, 2.75) is 18.4 Å². The number of aliphatic hydroxyl groups excluding tert-OH is 1. The van der Waals surface area contributed by atoms with Crippen LogP contribution in [-0.2, 0) is 4.74 Å². The molecule has 2 aliphatic heterocycles. The molecular formula is C19H26F2N8O2. The van der Waals surface area contributed by atoms with Crippen LogP contribution in [0, 0.1) is 0 Å². The van der Waals surface area contributed by atoms with E-state index in [1.165, 1.54) is 0 Å². The van der Waals surface area contributed by atoms with E-state index in [4.69, 9.17) is 10.5 Å². The van der Waals surface area contributed by atoms with E-state index in [1.54, 1.807) is 23.4 Å². The Morgan fingerprint density at radius 2 is 1.94 bits per heavy atom. The van der Waals surface area contributed by atoms with Gasteiger partial charge < -0.3 is 25.8 Å². The number of morpholine rings is 1. The molecule has 31 heavy (non-hydrogen) atoms. The van der Waals surface area contributed by atoms with Crippen molar-refractivity contribution in [2.24, 2.45) is 0 Å². The average Bonchev–Trinajstić information content (AvgIpc) is 3.16. The molecule has 0 aromatic carbocycles. The van der Waals surface area contributed by atoms with Gasteiger partial charge in [-0.3, -0.25) is 4.90 Å². The first-order chi connectivity index (χ1) is 15.0. The van der Waals surface area contributed by atoms with Crippen molar-refractivity contribution in [2.75, 3.05) is 68.5 Å². The highest BCUT2D eigenvalue weighted by Crippen LogP contribution is 2.29. The van der Waals surface area contributed by atoms with Crippen molar-refractivity contribution in [1.29, 1.82) is 0 Å². The second-order valence-electron chi connectivity index (χ2n) is 7.81. The molecule has 12 heteroatoms. The SMILES string of the molecule is Nc1ncc(-c2cc(N[C@@]3(CO)CCN(CC(F)F)C3)nc(N3CCOCC3)n2)cn1. The first-order valence-electron chi connectivity index (χ1n) is 10.2. The van der Waals surface area contributed by atoms with Gasteiger partial charge in [0, 0.05) is 50.2 Å². The lowest BCUT2D eigenvalue weighted by Crippen LogP contribution is -2.45. The zero-order chi connectivity index (χ0) is 21.8. The summed E-state index contributed by atoms with van der Waals surface area (Å²) < 4.78 is 31.0. The molecule has 1 atom stereocenters. The number of aliphatic hydroxyl groups is 1. The molecule has 0 amide bonds. The molecular weight excluding hydrogens is 410 g/mol. The van der Waals surface area contributed by atoms with E-state index < -0.39 is 12.0 Å². The Labute approximate surface area is 178 Å². The van der Waals surface area contributed by atoms with Gasteiger partial charge in [0.2, 0.25) is 11.9 Å². The summed E-state index contributed by atoms with van der Waals surface area (Å²) in [6, 6.07) is 1.74. The summed E-state index contributed by atoms with van der Waals surface area (Å²) in [6.45, 7) is 2.69. The number of alkyl halides is 2. The summed E-state index contributed by atoms with van der Waals surface area (Å²) >= 11 is 0. The lowest BCUT2D eigenvalue weighted by molar-refractivity contribution is 0.0948. The van der Waals surface area contributed by atoms with Crippen molar-refractivity contribution in [3.8, 4) is 11.3 Å². The number of nitrogens with one attached hydrogen (secondary N) is 1. The molecule has 0 aliphatic carbocycles. The number of aromatic nitrogens is 4. The van der Waals surface area contributed by atoms with Gasteiger partial charge in [-0.15, -0.1) is 0 Å². The molecule has 2 aliphatic rings. The molecule has 2 aromatic heterocycles. The van der Waals surface area contributed by atoms with Gasteiger partial charge in [-0.05, 0) is 6.42 Å². The minimum atomic E-state index is -2.42. The maximum Gasteiger partial charge on any atom is 0.251 e. The van der Waals surface area contributed by atoms with E-state index in [0.29, 0.717) is 68.8 Å². The van der Waals surface area contributed by atoms with Crippen LogP contribution in [0.4, 0.5) is 26.5 Å². The Balaban J connectivity index is 1.64. The number of hydrogen-bond donors (Lipinski definition) is 3. The topological polar surface area (TPSA) is 126 Å². The molecule has 0 spiro atoms. The highest BCUT2D eigenvalue weighted by atomic mass is 19.3. The van der Waals surface area contributed by atoms with Gasteiger partial charge in [0.1, 0.15) is 5.82 Å². The molecule has 2 fully saturated rings. The summed E-state index contributed by atoms with van der Waals surface area (Å²) in [4.78, 5) is 21.0. The molecule has 10 nitrogen and oxygen atoms in total. The quantitative estimate of drug-likeness (QED) is 0.564. The first kappa shape index (κ1) is 21.5. The second-order valence-corrected chi connectivity index (χ2v) is 7.81. The van der Waals surface area contributed by atoms with Crippen molar-refractivity contribution in [1.82, 2.24) is 24.8 Å². The average molecular weight is 436 g/mol. The number of likely N-dealkylation sites (tertiary alicyclic amines) is 1. The molecule has 0 saturated carbocycles. The number of ether oxygens (including phenoxy) is 1. The Bertz CT molecular complexity index is 882. The van der Waals surface area contributed by atoms with Gasteiger partial charge in [-0.1, -0.05) is 0 Å². The van der Waals surface area contributed by atoms with E-state index in [1.807, 2.05) is 4.90 Å². The largest absolute Gasteiger partial charge is 0.394 e. The highest BCUT2D eigenvalue weighted by Gasteiger charge is 2.39. The van der Waals surface area contributed by atoms with Crippen molar-refractivity contribution in [3.05, 3.63) is 18.5 Å². The van der Waals surface area contributed by atoms with E-state index in [2.05, 4.69) is 25.3 Å². The van der Waals surface area contributed by atoms with Crippen LogP contribution in [0.1, 0.15) is 6.42 Å². The highest BCUT2D eigenvalue weighted by molar-refractivity contribution is 5.64. The van der Waals surface area contributed by atoms with Crippen LogP contribution in [0.3, 0.4) is 0 Å². The normalized spacial score (nSPS) is 22.3. The Morgan fingerprint density at radius 1 is 1.19 bits per heavy atom. The van der Waals surface area contributed by atoms with Crippen LogP contribution in [-0.4, -0.2) is 94.5 Å². The van der Waals surface area contributed by atoms with Gasteiger partial charge in [0.05, 0.1) is 37.6 Å². The number of nitrogen functional groups attached to an aromatic ring is 1. The fourth-order valence-electron chi connectivity index (χ4n) is 3.87. The Kier molecular flexibility index (Phi) is 6.39. The second kappa shape index (κ2) is 9.20. The molecule has 2 saturated heterocycles. The minimum Gasteiger partial charge on any atom is -0.394 e. The summed E-state index contributed by atoms with van der Waals surface area (Å²) in [6.07, 6.45) is 1.27. The maximum atomic E-state index is 12.8. The molecule has 4 heterocycles. The third-order valence-electron chi connectivity index (χ3n) is 5.50. The van der Waals surface area contributed by atoms with E-state index >= 15 is 0 Å². The molecule has 4 N–H and O–H groups in total. The first-order valence-corrected chi connectivity index (χ1v) is 10.2. The standard InChI is InChI=1S/C19H26F2N8O2/c20-15(21)10-28-2-1-19(11-28,12-30)27-16-7-14(13-8-23-17(22)24-9-13)25-18(26-16)29-3-5-31-6-4-29/h7-9,15,30H,1-6,10-12H2,(H2,22,23,24)(H,25,26,27)/t19-/m0/s1. The van der Waals surface area contributed by atoms with Crippen molar-refractivity contribution >= 4 is 17.7 Å². The summed E-state index contributed by atoms with van der Waals surface area (Å²) in [5, 5.41) is 13.4. The van der Waals surface area contributed by atoms with E-state index in [9.17, 15) is 13.9 Å². The minimum absolute atomic E-state index is 0.161. The van der Waals surface area contributed by atoms with Crippen LogP contribution in [0.5, 0.6) is 0 Å². The van der Waals surface area contributed by atoms with Crippen LogP contribution in [0.15, 0.2) is 18.5 Å². The fraction of sp³-hybridized carbons (Fsp3) is 0.579. The number of hydrogen-bond acceptors (Lipinski definition) is 10. The van der Waals surface area contributed by atoms with Gasteiger partial charge in [0.15, 0.2) is 0 Å². The van der Waals surface area contributed by atoms with Gasteiger partial charge >= 0.3 is 0 Å². The predicted molar refractivity (Wildman–Crippen MR) is 111 cm³/mol. The van der Waals surface area contributed by atoms with E-state index in [-0.39, 0.29) is 19.1 Å². The molecule has 4 rings (SSSR count). The summed E-state index contributed by atoms with van der Waals surface area (Å²) in [7, 11) is 0. The fourth-order valence-corrected chi connectivity index (χ4v) is 3.87. The predicted octanol–water partition coefficient (Wildman–Crippen LogP) is 0.466. The van der Waals surface area contributed by atoms with Crippen molar-refractivity contribution < 1.29 is 18.6 Å². The Morgan fingerprint density at radius 3 is 2.61 bits per heavy atom. The molecule has 0 radical (unpaired) electrons. The van der Waals surface area contributed by atoms with Crippen LogP contribution in [0.2, 0.25) is 0 Å². The lowest BCUT2D eigenvalue weighted by atomic mass is 10.00. The number of anilines is 3. The summed E-state index contributed by atoms with van der Waals surface area (Å²) in [5.74, 6) is 1.17. The smallest absolute Gasteiger partial charge is 0.251 e. The van der Waals surface area contributed by atoms with Crippen molar-refractivity contribution in [3.63, 3.8) is 0 Å². The number of rotatable bonds is 7. The third kappa shape index (κ3) is 5.14.